The van der Waals surface area contributed by atoms with Gasteiger partial charge in [-0.25, -0.2) is 0 Å². The summed E-state index contributed by atoms with van der Waals surface area (Å²) in [6.07, 6.45) is 0. The van der Waals surface area contributed by atoms with Gasteiger partial charge in [0.05, 0.1) is 5.56 Å². The predicted molar refractivity (Wildman–Crippen MR) is 90.2 cm³/mol. The van der Waals surface area contributed by atoms with Crippen LogP contribution >= 0.6 is 8.73 Å². The van der Waals surface area contributed by atoms with E-state index in [1.165, 1.54) is 8.73 Å². The van der Waals surface area contributed by atoms with Gasteiger partial charge >= 0.3 is 0 Å². The maximum absolute atomic E-state index is 4.57. The second-order valence-electron chi connectivity index (χ2n) is 6.83. The van der Waals surface area contributed by atoms with Gasteiger partial charge in [0.25, 0.3) is 6.07 Å². The van der Waals surface area contributed by atoms with Gasteiger partial charge in [-0.05, 0) is 20.9 Å². The Morgan fingerprint density at radius 3 is 1.89 bits per heavy atom. The Balaban J connectivity index is 2.79. The molecular weight excluding hydrogens is 269 g/mol. The van der Waals surface area contributed by atoms with Crippen LogP contribution in [0.15, 0.2) is 30.3 Å². The molecule has 1 nitrogen and oxygen atoms in total. The molecule has 0 aliphatic heterocycles. The fourth-order valence-electron chi connectivity index (χ4n) is 2.30. The third-order valence-corrected chi connectivity index (χ3v) is 17.0. The lowest BCUT2D eigenvalue weighted by atomic mass is 10.2. The zero-order valence-corrected chi connectivity index (χ0v) is 15.3. The summed E-state index contributed by atoms with van der Waals surface area (Å²) in [7, 11) is -1.06. The van der Waals surface area contributed by atoms with Crippen LogP contribution in [0.4, 0.5) is 0 Å². The average molecular weight is 293 g/mol. The standard InChI is InChI=1S/C14H24NPSi2/c1-17(2,3)14(18(4,5)6)16-15-12-13-10-8-7-9-11-13/h7-11,14H,1-6H3. The minimum atomic E-state index is -1.14. The third-order valence-electron chi connectivity index (χ3n) is 2.77. The van der Waals surface area contributed by atoms with Crippen LogP contribution in [-0.4, -0.2) is 21.1 Å². The van der Waals surface area contributed by atoms with Crippen molar-refractivity contribution in [2.45, 2.75) is 44.2 Å². The Morgan fingerprint density at radius 1 is 0.944 bits per heavy atom. The van der Waals surface area contributed by atoms with E-state index in [9.17, 15) is 0 Å². The first-order valence-corrected chi connectivity index (χ1v) is 14.5. The number of hydrogen-bond acceptors (Lipinski definition) is 0. The molecule has 4 heteroatoms. The maximum atomic E-state index is 4.57. The molecule has 18 heavy (non-hydrogen) atoms. The Bertz CT molecular complexity index is 421. The van der Waals surface area contributed by atoms with E-state index in [0.717, 1.165) is 10.5 Å². The topological polar surface area (TPSA) is 4.36 Å². The maximum Gasteiger partial charge on any atom is 0.262 e. The lowest BCUT2D eigenvalue weighted by Crippen LogP contribution is -2.50. The SMILES string of the molecule is C[Si](C)(C)C([P-][N+]#Cc1ccccc1)[Si](C)(C)C. The van der Waals surface area contributed by atoms with Crippen LogP contribution in [0, 0.1) is 6.07 Å². The molecular formula is C14H24NPSi2. The molecule has 0 fully saturated rings. The summed E-state index contributed by atoms with van der Waals surface area (Å²) in [6, 6.07) is 13.4. The molecule has 1 rings (SSSR count). The molecule has 0 aromatic heterocycles. The van der Waals surface area contributed by atoms with Crippen molar-refractivity contribution in [3.8, 4) is 6.07 Å². The van der Waals surface area contributed by atoms with Gasteiger partial charge in [-0.15, -0.1) is 0 Å². The summed E-state index contributed by atoms with van der Waals surface area (Å²) in [6.45, 7) is 14.8. The molecule has 0 aliphatic rings. The molecule has 0 saturated carbocycles. The second-order valence-corrected chi connectivity index (χ2v) is 19.9. The number of rotatable bonds is 3. The van der Waals surface area contributed by atoms with E-state index >= 15 is 0 Å². The van der Waals surface area contributed by atoms with Crippen molar-refractivity contribution in [1.29, 1.82) is 0 Å². The summed E-state index contributed by atoms with van der Waals surface area (Å²) in [5.74, 6) is 0. The monoisotopic (exact) mass is 293 g/mol. The summed E-state index contributed by atoms with van der Waals surface area (Å²) < 4.78 is 4.57. The fourth-order valence-corrected chi connectivity index (χ4v) is 16.1. The normalized spacial score (nSPS) is 12.8. The van der Waals surface area contributed by atoms with Crippen molar-refractivity contribution < 1.29 is 0 Å². The first-order valence-electron chi connectivity index (χ1n) is 6.42. The minimum Gasteiger partial charge on any atom is -0.265 e. The smallest absolute Gasteiger partial charge is 0.262 e. The van der Waals surface area contributed by atoms with Crippen LogP contribution in [0.2, 0.25) is 39.3 Å². The lowest BCUT2D eigenvalue weighted by Gasteiger charge is -2.40. The van der Waals surface area contributed by atoms with Gasteiger partial charge in [0.1, 0.15) is 0 Å². The number of hydrogen-bond donors (Lipinski definition) is 0. The van der Waals surface area contributed by atoms with E-state index in [2.05, 4.69) is 62.1 Å². The Labute approximate surface area is 116 Å². The molecule has 0 aliphatic carbocycles. The number of nitrogens with zero attached hydrogens (tertiary/aromatic N) is 1. The van der Waals surface area contributed by atoms with E-state index in [0.29, 0.717) is 0 Å². The molecule has 0 heterocycles. The van der Waals surface area contributed by atoms with Gasteiger partial charge in [0.15, 0.2) is 0 Å². The zero-order valence-electron chi connectivity index (χ0n) is 12.4. The first kappa shape index (κ1) is 15.6. The first-order chi connectivity index (χ1) is 8.21. The molecule has 0 atom stereocenters. The molecule has 0 saturated heterocycles. The van der Waals surface area contributed by atoms with Gasteiger partial charge in [0, 0.05) is 16.1 Å². The Hall–Kier alpha value is -0.426. The van der Waals surface area contributed by atoms with Crippen molar-refractivity contribution in [2.24, 2.45) is 0 Å². The highest BCUT2D eigenvalue weighted by atomic mass is 31.1. The summed E-state index contributed by atoms with van der Waals surface area (Å²) in [5, 5.41) is 0. The molecule has 0 spiro atoms. The predicted octanol–water partition coefficient (Wildman–Crippen LogP) is 5.35. The molecule has 98 valence electrons. The summed E-state index contributed by atoms with van der Waals surface area (Å²) in [5.41, 5.74) is 1.08. The van der Waals surface area contributed by atoms with E-state index in [1.54, 1.807) is 0 Å². The Kier molecular flexibility index (Phi) is 5.34. The summed E-state index contributed by atoms with van der Waals surface area (Å²) in [4.78, 5) is 0.793. The van der Waals surface area contributed by atoms with E-state index < -0.39 is 16.1 Å². The lowest BCUT2D eigenvalue weighted by molar-refractivity contribution is 1.46. The highest BCUT2D eigenvalue weighted by Gasteiger charge is 2.33. The highest BCUT2D eigenvalue weighted by molar-refractivity contribution is 7.50. The average Bonchev–Trinajstić information content (AvgIpc) is 2.22. The van der Waals surface area contributed by atoms with Crippen molar-refractivity contribution in [3.63, 3.8) is 0 Å². The van der Waals surface area contributed by atoms with E-state index in [4.69, 9.17) is 0 Å². The zero-order chi connectivity index (χ0) is 13.8. The Morgan fingerprint density at radius 2 is 1.44 bits per heavy atom. The molecule has 0 radical (unpaired) electrons. The van der Waals surface area contributed by atoms with Crippen LogP contribution in [0.25, 0.3) is 4.62 Å². The van der Waals surface area contributed by atoms with Gasteiger partial charge < -0.3 is 0 Å². The van der Waals surface area contributed by atoms with Gasteiger partial charge in [-0.3, -0.25) is 4.62 Å². The van der Waals surface area contributed by atoms with Gasteiger partial charge in [0.2, 0.25) is 0 Å². The largest absolute Gasteiger partial charge is 0.265 e. The molecule has 0 amide bonds. The van der Waals surface area contributed by atoms with Crippen LogP contribution in [0.1, 0.15) is 5.56 Å². The molecule has 0 bridgehead atoms. The molecule has 1 aromatic carbocycles. The van der Waals surface area contributed by atoms with Gasteiger partial charge in [-0.2, -0.15) is 0 Å². The van der Waals surface area contributed by atoms with Gasteiger partial charge in [-0.1, -0.05) is 62.4 Å². The van der Waals surface area contributed by atoms with Crippen LogP contribution < -0.4 is 0 Å². The minimum absolute atomic E-state index is 0.793. The quantitative estimate of drug-likeness (QED) is 0.522. The van der Waals surface area contributed by atoms with Crippen LogP contribution in [0.5, 0.6) is 0 Å². The molecule has 0 unspecified atom stereocenters. The van der Waals surface area contributed by atoms with Crippen molar-refractivity contribution in [1.82, 2.24) is 0 Å². The van der Waals surface area contributed by atoms with Crippen molar-refractivity contribution in [3.05, 3.63) is 40.5 Å². The molecule has 0 N–H and O–H groups in total. The second kappa shape index (κ2) is 6.15. The van der Waals surface area contributed by atoms with Crippen molar-refractivity contribution >= 4 is 24.9 Å². The van der Waals surface area contributed by atoms with Crippen LogP contribution in [0.3, 0.4) is 0 Å². The van der Waals surface area contributed by atoms with Crippen LogP contribution in [-0.2, 0) is 0 Å². The third kappa shape index (κ3) is 5.06. The summed E-state index contributed by atoms with van der Waals surface area (Å²) >= 11 is 0. The molecule has 1 aromatic rings. The number of benzene rings is 1. The van der Waals surface area contributed by atoms with E-state index in [-0.39, 0.29) is 0 Å². The highest BCUT2D eigenvalue weighted by Crippen LogP contribution is 2.36. The van der Waals surface area contributed by atoms with Crippen molar-refractivity contribution in [2.75, 3.05) is 0 Å². The fraction of sp³-hybridized carbons (Fsp3) is 0.500. The van der Waals surface area contributed by atoms with E-state index in [1.807, 2.05) is 18.2 Å².